The van der Waals surface area contributed by atoms with Crippen molar-refractivity contribution >= 4 is 21.8 Å². The molecule has 1 aromatic heterocycles. The number of carbonyl (C=O) groups is 1. The molecule has 1 heterocycles. The smallest absolute Gasteiger partial charge is 0.251 e. The molecule has 0 saturated carbocycles. The van der Waals surface area contributed by atoms with Crippen LogP contribution < -0.4 is 5.32 Å². The summed E-state index contributed by atoms with van der Waals surface area (Å²) < 4.78 is 2.72. The van der Waals surface area contributed by atoms with Gasteiger partial charge in [-0.15, -0.1) is 0 Å². The van der Waals surface area contributed by atoms with Crippen LogP contribution in [0.3, 0.4) is 0 Å². The standard InChI is InChI=1S/C14H16BrN3O/c1-9(13-8-18(3)17-10(13)2)16-14(19)11-4-6-12(15)7-5-11/h4-9H,1-3H3,(H,16,19). The molecule has 5 heteroatoms. The van der Waals surface area contributed by atoms with Gasteiger partial charge in [0.2, 0.25) is 0 Å². The van der Waals surface area contributed by atoms with Gasteiger partial charge in [0.15, 0.2) is 0 Å². The highest BCUT2D eigenvalue weighted by molar-refractivity contribution is 9.10. The summed E-state index contributed by atoms with van der Waals surface area (Å²) in [5, 5.41) is 7.26. The van der Waals surface area contributed by atoms with Crippen LogP contribution in [0.2, 0.25) is 0 Å². The number of halogens is 1. The predicted molar refractivity (Wildman–Crippen MR) is 78.0 cm³/mol. The molecule has 1 amide bonds. The van der Waals surface area contributed by atoms with Crippen molar-refractivity contribution in [1.29, 1.82) is 0 Å². The van der Waals surface area contributed by atoms with Gasteiger partial charge < -0.3 is 5.32 Å². The van der Waals surface area contributed by atoms with E-state index in [4.69, 9.17) is 0 Å². The quantitative estimate of drug-likeness (QED) is 0.944. The third-order valence-electron chi connectivity index (χ3n) is 2.97. The predicted octanol–water partition coefficient (Wildman–Crippen LogP) is 2.98. The Morgan fingerprint density at radius 3 is 2.53 bits per heavy atom. The van der Waals surface area contributed by atoms with E-state index >= 15 is 0 Å². The van der Waals surface area contributed by atoms with Gasteiger partial charge in [-0.1, -0.05) is 15.9 Å². The van der Waals surface area contributed by atoms with E-state index in [-0.39, 0.29) is 11.9 Å². The monoisotopic (exact) mass is 321 g/mol. The Hall–Kier alpha value is -1.62. The highest BCUT2D eigenvalue weighted by atomic mass is 79.9. The molecule has 0 bridgehead atoms. The summed E-state index contributed by atoms with van der Waals surface area (Å²) in [5.41, 5.74) is 2.62. The second-order valence-electron chi connectivity index (χ2n) is 4.55. The average molecular weight is 322 g/mol. The molecule has 0 spiro atoms. The number of hydrogen-bond acceptors (Lipinski definition) is 2. The molecular weight excluding hydrogens is 306 g/mol. The Morgan fingerprint density at radius 2 is 2.00 bits per heavy atom. The van der Waals surface area contributed by atoms with Gasteiger partial charge >= 0.3 is 0 Å². The molecule has 4 nitrogen and oxygen atoms in total. The Labute approximate surface area is 120 Å². The number of hydrogen-bond donors (Lipinski definition) is 1. The van der Waals surface area contributed by atoms with E-state index in [1.165, 1.54) is 0 Å². The third kappa shape index (κ3) is 3.23. The summed E-state index contributed by atoms with van der Waals surface area (Å²) in [7, 11) is 1.87. The summed E-state index contributed by atoms with van der Waals surface area (Å²) in [5.74, 6) is -0.0803. The molecule has 1 atom stereocenters. The Morgan fingerprint density at radius 1 is 1.37 bits per heavy atom. The molecule has 19 heavy (non-hydrogen) atoms. The molecule has 2 aromatic rings. The second-order valence-corrected chi connectivity index (χ2v) is 5.46. The van der Waals surface area contributed by atoms with E-state index in [2.05, 4.69) is 26.3 Å². The van der Waals surface area contributed by atoms with Crippen LogP contribution in [-0.2, 0) is 7.05 Å². The Bertz CT molecular complexity index is 589. The first kappa shape index (κ1) is 13.8. The third-order valence-corrected chi connectivity index (χ3v) is 3.50. The van der Waals surface area contributed by atoms with E-state index in [0.29, 0.717) is 5.56 Å². The number of aryl methyl sites for hydroxylation is 2. The molecule has 1 aromatic carbocycles. The van der Waals surface area contributed by atoms with Crippen molar-refractivity contribution < 1.29 is 4.79 Å². The van der Waals surface area contributed by atoms with Crippen molar-refractivity contribution in [3.8, 4) is 0 Å². The van der Waals surface area contributed by atoms with Gasteiger partial charge in [-0.05, 0) is 38.1 Å². The maximum absolute atomic E-state index is 12.1. The van der Waals surface area contributed by atoms with Crippen molar-refractivity contribution in [3.05, 3.63) is 51.8 Å². The van der Waals surface area contributed by atoms with Gasteiger partial charge in [0, 0.05) is 28.8 Å². The maximum Gasteiger partial charge on any atom is 0.251 e. The van der Waals surface area contributed by atoms with Gasteiger partial charge in [-0.3, -0.25) is 9.48 Å². The lowest BCUT2D eigenvalue weighted by Gasteiger charge is -2.13. The molecule has 0 aliphatic carbocycles. The molecule has 0 aliphatic heterocycles. The van der Waals surface area contributed by atoms with Gasteiger partial charge in [-0.25, -0.2) is 0 Å². The van der Waals surface area contributed by atoms with Gasteiger partial charge in [-0.2, -0.15) is 5.10 Å². The topological polar surface area (TPSA) is 46.9 Å². The minimum absolute atomic E-state index is 0.0650. The maximum atomic E-state index is 12.1. The Kier molecular flexibility index (Phi) is 4.04. The van der Waals surface area contributed by atoms with Crippen molar-refractivity contribution in [2.24, 2.45) is 7.05 Å². The molecule has 0 radical (unpaired) electrons. The summed E-state index contributed by atoms with van der Waals surface area (Å²) in [6.45, 7) is 3.90. The average Bonchev–Trinajstić information content (AvgIpc) is 2.69. The summed E-state index contributed by atoms with van der Waals surface area (Å²) in [6.07, 6.45) is 1.93. The molecule has 1 unspecified atom stereocenters. The number of nitrogens with one attached hydrogen (secondary N) is 1. The highest BCUT2D eigenvalue weighted by Gasteiger charge is 2.15. The fraction of sp³-hybridized carbons (Fsp3) is 0.286. The van der Waals surface area contributed by atoms with E-state index in [1.807, 2.05) is 39.2 Å². The normalized spacial score (nSPS) is 12.2. The molecule has 0 aliphatic rings. The number of carbonyl (C=O) groups excluding carboxylic acids is 1. The summed E-state index contributed by atoms with van der Waals surface area (Å²) in [6, 6.07) is 7.23. The fourth-order valence-corrected chi connectivity index (χ4v) is 2.27. The van der Waals surface area contributed by atoms with Gasteiger partial charge in [0.25, 0.3) is 5.91 Å². The van der Waals surface area contributed by atoms with Crippen LogP contribution in [-0.4, -0.2) is 15.7 Å². The number of benzene rings is 1. The fourth-order valence-electron chi connectivity index (χ4n) is 2.00. The number of rotatable bonds is 3. The lowest BCUT2D eigenvalue weighted by atomic mass is 10.1. The van der Waals surface area contributed by atoms with Crippen LogP contribution in [0.15, 0.2) is 34.9 Å². The minimum atomic E-state index is -0.0803. The number of nitrogens with zero attached hydrogens (tertiary/aromatic N) is 2. The first-order valence-corrected chi connectivity index (χ1v) is 6.83. The van der Waals surface area contributed by atoms with E-state index in [9.17, 15) is 4.79 Å². The van der Waals surface area contributed by atoms with E-state index < -0.39 is 0 Å². The molecule has 0 saturated heterocycles. The second kappa shape index (κ2) is 5.57. The van der Waals surface area contributed by atoms with Crippen LogP contribution >= 0.6 is 15.9 Å². The zero-order valence-electron chi connectivity index (χ0n) is 11.1. The lowest BCUT2D eigenvalue weighted by molar-refractivity contribution is 0.0940. The zero-order chi connectivity index (χ0) is 14.0. The minimum Gasteiger partial charge on any atom is -0.345 e. The molecule has 0 fully saturated rings. The van der Waals surface area contributed by atoms with Gasteiger partial charge in [0.05, 0.1) is 11.7 Å². The molecule has 2 rings (SSSR count). The zero-order valence-corrected chi connectivity index (χ0v) is 12.7. The van der Waals surface area contributed by atoms with Crippen molar-refractivity contribution in [2.45, 2.75) is 19.9 Å². The van der Waals surface area contributed by atoms with Crippen molar-refractivity contribution in [2.75, 3.05) is 0 Å². The lowest BCUT2D eigenvalue weighted by Crippen LogP contribution is -2.26. The van der Waals surface area contributed by atoms with E-state index in [1.54, 1.807) is 16.8 Å². The molecule has 100 valence electrons. The van der Waals surface area contributed by atoms with Crippen molar-refractivity contribution in [1.82, 2.24) is 15.1 Å². The van der Waals surface area contributed by atoms with Gasteiger partial charge in [0.1, 0.15) is 0 Å². The summed E-state index contributed by atoms with van der Waals surface area (Å²) in [4.78, 5) is 12.1. The van der Waals surface area contributed by atoms with Crippen LogP contribution in [0.25, 0.3) is 0 Å². The molecule has 1 N–H and O–H groups in total. The Balaban J connectivity index is 2.10. The number of amides is 1. The first-order valence-electron chi connectivity index (χ1n) is 6.04. The number of aromatic nitrogens is 2. The SMILES string of the molecule is Cc1nn(C)cc1C(C)NC(=O)c1ccc(Br)cc1. The highest BCUT2D eigenvalue weighted by Crippen LogP contribution is 2.17. The first-order chi connectivity index (χ1) is 8.97. The largest absolute Gasteiger partial charge is 0.345 e. The van der Waals surface area contributed by atoms with Crippen LogP contribution in [0.5, 0.6) is 0 Å². The van der Waals surface area contributed by atoms with Crippen LogP contribution in [0.4, 0.5) is 0 Å². The van der Waals surface area contributed by atoms with Crippen molar-refractivity contribution in [3.63, 3.8) is 0 Å². The van der Waals surface area contributed by atoms with E-state index in [0.717, 1.165) is 15.7 Å². The molecular formula is C14H16BrN3O. The van der Waals surface area contributed by atoms with Crippen LogP contribution in [0, 0.1) is 6.92 Å². The van der Waals surface area contributed by atoms with Crippen LogP contribution in [0.1, 0.15) is 34.6 Å². The summed E-state index contributed by atoms with van der Waals surface area (Å²) >= 11 is 3.35.